The number of piperazine rings is 1. The van der Waals surface area contributed by atoms with E-state index in [-0.39, 0.29) is 41.6 Å². The van der Waals surface area contributed by atoms with E-state index >= 15 is 0 Å². The number of likely N-dealkylation sites (N-methyl/N-ethyl adjacent to an activating group) is 1. The Morgan fingerprint density at radius 3 is 2.37 bits per heavy atom. The number of hydrogen-bond donors (Lipinski definition) is 1. The number of anilines is 1. The molecule has 0 saturated carbocycles. The minimum Gasteiger partial charge on any atom is -0.369 e. The highest BCUT2D eigenvalue weighted by atomic mass is 16.5. The van der Waals surface area contributed by atoms with Gasteiger partial charge in [-0.2, -0.15) is 0 Å². The third-order valence-electron chi connectivity index (χ3n) is 7.52. The van der Waals surface area contributed by atoms with Crippen molar-refractivity contribution < 1.29 is 19.1 Å². The van der Waals surface area contributed by atoms with E-state index in [4.69, 9.17) is 4.74 Å². The predicted molar refractivity (Wildman–Crippen MR) is 136 cm³/mol. The Morgan fingerprint density at radius 2 is 1.77 bits per heavy atom. The van der Waals surface area contributed by atoms with Crippen LogP contribution in [-0.2, 0) is 14.3 Å². The normalized spacial score (nSPS) is 26.1. The second-order valence-corrected chi connectivity index (χ2v) is 11.5. The number of Topliss-reactive ketones (excluding diaryl/α,β-unsaturated/α-hetero) is 1. The van der Waals surface area contributed by atoms with Crippen LogP contribution < -0.4 is 10.2 Å². The van der Waals surface area contributed by atoms with Crippen molar-refractivity contribution in [2.45, 2.75) is 58.7 Å². The molecule has 35 heavy (non-hydrogen) atoms. The maximum atomic E-state index is 13.7. The molecule has 3 aliphatic rings. The van der Waals surface area contributed by atoms with E-state index in [9.17, 15) is 14.4 Å². The number of ketones is 1. The van der Waals surface area contributed by atoms with Gasteiger partial charge in [0.1, 0.15) is 18.7 Å². The van der Waals surface area contributed by atoms with Crippen LogP contribution in [0.25, 0.3) is 0 Å². The zero-order valence-corrected chi connectivity index (χ0v) is 21.8. The van der Waals surface area contributed by atoms with E-state index in [0.717, 1.165) is 38.3 Å². The summed E-state index contributed by atoms with van der Waals surface area (Å²) < 4.78 is 5.73. The van der Waals surface area contributed by atoms with Gasteiger partial charge in [-0.05, 0) is 49.6 Å². The molecule has 4 atom stereocenters. The number of carbonyl (C=O) groups excluding carboxylic acids is 3. The van der Waals surface area contributed by atoms with Crippen LogP contribution in [0.1, 0.15) is 50.9 Å². The molecule has 3 heterocycles. The molecule has 0 spiro atoms. The highest BCUT2D eigenvalue weighted by molar-refractivity contribution is 5.99. The molecule has 8 nitrogen and oxygen atoms in total. The Kier molecular flexibility index (Phi) is 7.52. The van der Waals surface area contributed by atoms with E-state index in [1.165, 1.54) is 0 Å². The first-order chi connectivity index (χ1) is 16.6. The fraction of sp³-hybridized carbons (Fsp3) is 0.667. The molecule has 1 aromatic rings. The van der Waals surface area contributed by atoms with Gasteiger partial charge in [0.25, 0.3) is 5.91 Å². The van der Waals surface area contributed by atoms with Crippen molar-refractivity contribution in [3.05, 3.63) is 29.8 Å². The van der Waals surface area contributed by atoms with Gasteiger partial charge in [-0.1, -0.05) is 27.7 Å². The molecule has 0 unspecified atom stereocenters. The molecular weight excluding hydrogens is 444 g/mol. The van der Waals surface area contributed by atoms with Crippen LogP contribution in [0.2, 0.25) is 0 Å². The summed E-state index contributed by atoms with van der Waals surface area (Å²) in [4.78, 5) is 45.8. The van der Waals surface area contributed by atoms with Crippen molar-refractivity contribution in [2.75, 3.05) is 51.3 Å². The lowest BCUT2D eigenvalue weighted by atomic mass is 9.87. The van der Waals surface area contributed by atoms with Crippen LogP contribution in [0.4, 0.5) is 5.69 Å². The summed E-state index contributed by atoms with van der Waals surface area (Å²) in [7, 11) is 2.13. The average Bonchev–Trinajstić information content (AvgIpc) is 3.38. The van der Waals surface area contributed by atoms with E-state index in [2.05, 4.69) is 49.9 Å². The molecule has 0 bridgehead atoms. The summed E-state index contributed by atoms with van der Waals surface area (Å²) in [6.45, 7) is 12.7. The molecule has 3 saturated heterocycles. The largest absolute Gasteiger partial charge is 0.369 e. The number of carbonyl (C=O) groups is 3. The van der Waals surface area contributed by atoms with Crippen molar-refractivity contribution in [2.24, 2.45) is 11.3 Å². The van der Waals surface area contributed by atoms with Crippen molar-refractivity contribution in [3.8, 4) is 0 Å². The van der Waals surface area contributed by atoms with Crippen molar-refractivity contribution in [1.82, 2.24) is 15.1 Å². The molecule has 192 valence electrons. The monoisotopic (exact) mass is 484 g/mol. The molecule has 4 rings (SSSR count). The second kappa shape index (κ2) is 10.3. The quantitative estimate of drug-likeness (QED) is 0.667. The molecule has 8 heteroatoms. The number of likely N-dealkylation sites (tertiary alicyclic amines) is 1. The highest BCUT2D eigenvalue weighted by Gasteiger charge is 2.52. The maximum Gasteiger partial charge on any atom is 0.251 e. The zero-order valence-electron chi connectivity index (χ0n) is 21.8. The lowest BCUT2D eigenvalue weighted by molar-refractivity contribution is -0.138. The Bertz CT molecular complexity index is 933. The first-order valence-corrected chi connectivity index (χ1v) is 12.9. The summed E-state index contributed by atoms with van der Waals surface area (Å²) in [5.74, 6) is -0.357. The number of rotatable bonds is 6. The minimum atomic E-state index is -0.704. The minimum absolute atomic E-state index is 0.0420. The zero-order chi connectivity index (χ0) is 25.3. The number of amides is 2. The van der Waals surface area contributed by atoms with Crippen LogP contribution in [-0.4, -0.2) is 92.0 Å². The lowest BCUT2D eigenvalue weighted by Gasteiger charge is -2.34. The SMILES string of the molecule is CC[C@H]1CN(C(=O)[C@H](CC(C)(C)C)NC(=O)c2ccc(N3CCN(C)CC3)cc2)[C@@H]2C(=O)CO[C@H]12. The van der Waals surface area contributed by atoms with E-state index in [1.807, 2.05) is 24.3 Å². The Hall–Kier alpha value is -2.45. The van der Waals surface area contributed by atoms with E-state index in [1.54, 1.807) is 4.90 Å². The molecular formula is C27H40N4O4. The van der Waals surface area contributed by atoms with Gasteiger partial charge in [0.2, 0.25) is 5.91 Å². The number of ether oxygens (including phenoxy) is 1. The molecule has 0 radical (unpaired) electrons. The number of benzene rings is 1. The van der Waals surface area contributed by atoms with Crippen LogP contribution >= 0.6 is 0 Å². The molecule has 3 fully saturated rings. The van der Waals surface area contributed by atoms with Crippen LogP contribution in [0.3, 0.4) is 0 Å². The highest BCUT2D eigenvalue weighted by Crippen LogP contribution is 2.35. The van der Waals surface area contributed by atoms with Crippen LogP contribution in [0.5, 0.6) is 0 Å². The fourth-order valence-corrected chi connectivity index (χ4v) is 5.48. The number of nitrogens with zero attached hydrogens (tertiary/aromatic N) is 3. The van der Waals surface area contributed by atoms with Gasteiger partial charge in [-0.25, -0.2) is 0 Å². The summed E-state index contributed by atoms with van der Waals surface area (Å²) in [5, 5.41) is 3.00. The van der Waals surface area contributed by atoms with Gasteiger partial charge in [-0.3, -0.25) is 14.4 Å². The number of nitrogens with one attached hydrogen (secondary N) is 1. The average molecular weight is 485 g/mol. The number of hydrogen-bond acceptors (Lipinski definition) is 6. The standard InChI is InChI=1S/C27H40N4O4/c1-6-18-16-31(23-22(32)17-35-24(18)23)26(34)21(15-27(2,3)4)28-25(33)19-7-9-20(10-8-19)30-13-11-29(5)12-14-30/h7-10,18,21,23-24H,6,11-17H2,1-5H3,(H,28,33)/t18-,21-,23+,24+/m0/s1. The van der Waals surface area contributed by atoms with Gasteiger partial charge in [0.05, 0.1) is 6.10 Å². The van der Waals surface area contributed by atoms with Crippen molar-refractivity contribution in [1.29, 1.82) is 0 Å². The maximum absolute atomic E-state index is 13.7. The lowest BCUT2D eigenvalue weighted by Crippen LogP contribution is -2.53. The molecule has 2 amide bonds. The third-order valence-corrected chi connectivity index (χ3v) is 7.52. The first-order valence-electron chi connectivity index (χ1n) is 12.9. The summed E-state index contributed by atoms with van der Waals surface area (Å²) in [6, 6.07) is 6.38. The van der Waals surface area contributed by atoms with Gasteiger partial charge in [0.15, 0.2) is 5.78 Å². The third kappa shape index (κ3) is 5.70. The summed E-state index contributed by atoms with van der Waals surface area (Å²) in [6.07, 6.45) is 1.09. The van der Waals surface area contributed by atoms with Crippen LogP contribution in [0.15, 0.2) is 24.3 Å². The van der Waals surface area contributed by atoms with Gasteiger partial charge in [-0.15, -0.1) is 0 Å². The van der Waals surface area contributed by atoms with E-state index < -0.39 is 12.1 Å². The Balaban J connectivity index is 1.48. The summed E-state index contributed by atoms with van der Waals surface area (Å²) >= 11 is 0. The molecule has 1 aromatic carbocycles. The topological polar surface area (TPSA) is 82.2 Å². The van der Waals surface area contributed by atoms with E-state index in [0.29, 0.717) is 18.5 Å². The molecule has 0 aromatic heterocycles. The molecule has 3 aliphatic heterocycles. The Morgan fingerprint density at radius 1 is 1.11 bits per heavy atom. The van der Waals surface area contributed by atoms with Crippen molar-refractivity contribution in [3.63, 3.8) is 0 Å². The first kappa shape index (κ1) is 25.6. The number of fused-ring (bicyclic) bond motifs is 1. The van der Waals surface area contributed by atoms with Gasteiger partial charge in [0, 0.05) is 49.9 Å². The molecule has 1 N–H and O–H groups in total. The van der Waals surface area contributed by atoms with Gasteiger partial charge < -0.3 is 24.8 Å². The van der Waals surface area contributed by atoms with Crippen LogP contribution in [0, 0.1) is 11.3 Å². The second-order valence-electron chi connectivity index (χ2n) is 11.5. The summed E-state index contributed by atoms with van der Waals surface area (Å²) in [5.41, 5.74) is 1.45. The predicted octanol–water partition coefficient (Wildman–Crippen LogP) is 2.18. The van der Waals surface area contributed by atoms with Gasteiger partial charge >= 0.3 is 0 Å². The Labute approximate surface area is 209 Å². The van der Waals surface area contributed by atoms with Crippen molar-refractivity contribution >= 4 is 23.3 Å². The molecule has 0 aliphatic carbocycles. The smallest absolute Gasteiger partial charge is 0.251 e. The fourth-order valence-electron chi connectivity index (χ4n) is 5.48.